The molecule has 0 spiro atoms. The first-order chi connectivity index (χ1) is 13.8. The Morgan fingerprint density at radius 2 is 1.55 bits per heavy atom. The van der Waals surface area contributed by atoms with Gasteiger partial charge in [0.05, 0.1) is 0 Å². The molecule has 1 aromatic heterocycles. The normalized spacial score (nSPS) is 14.8. The van der Waals surface area contributed by atoms with E-state index in [1.165, 1.54) is 38.5 Å². The van der Waals surface area contributed by atoms with Crippen LogP contribution in [0, 0.1) is 12.3 Å². The molecule has 160 valence electrons. The van der Waals surface area contributed by atoms with Gasteiger partial charge in [0, 0.05) is 41.8 Å². The minimum Gasteiger partial charge on any atom is -0.388 e. The first-order valence-electron chi connectivity index (χ1n) is 11.4. The van der Waals surface area contributed by atoms with E-state index in [0.717, 1.165) is 34.7 Å². The Morgan fingerprint density at radius 1 is 0.966 bits per heavy atom. The second-order valence-corrected chi connectivity index (χ2v) is 9.13. The number of carbonyl (C=O) groups excluding carboxylic acids is 1. The number of aryl methyl sites for hydroxylation is 1. The van der Waals surface area contributed by atoms with Crippen molar-refractivity contribution in [1.82, 2.24) is 4.57 Å². The number of unbranched alkanes of at least 4 members (excludes halogenated alkanes) is 5. The predicted molar refractivity (Wildman–Crippen MR) is 126 cm³/mol. The summed E-state index contributed by atoms with van der Waals surface area (Å²) in [4.78, 5) is 12.4. The smallest absolute Gasteiger partial charge is 0.165 e. The van der Waals surface area contributed by atoms with E-state index in [4.69, 9.17) is 0 Å². The highest BCUT2D eigenvalue weighted by molar-refractivity contribution is 5.99. The Hall–Kier alpha value is -2.03. The van der Waals surface area contributed by atoms with Crippen LogP contribution in [0.5, 0.6) is 0 Å². The minimum absolute atomic E-state index is 0.0392. The van der Waals surface area contributed by atoms with Crippen molar-refractivity contribution in [3.8, 4) is 5.69 Å². The topological polar surface area (TPSA) is 34.0 Å². The molecule has 0 fully saturated rings. The molecule has 0 amide bonds. The highest BCUT2D eigenvalue weighted by Gasteiger charge is 2.34. The SMILES string of the molecule is CCCCCCCC.CNc1ccc(-n2c(C)cc3c2CC(C)(C)CC3=O)cc1. The molecular formula is C26H40N2O. The molecule has 1 aliphatic rings. The van der Waals surface area contributed by atoms with Gasteiger partial charge in [0.25, 0.3) is 0 Å². The van der Waals surface area contributed by atoms with E-state index < -0.39 is 0 Å². The lowest BCUT2D eigenvalue weighted by Gasteiger charge is -2.30. The van der Waals surface area contributed by atoms with E-state index in [0.29, 0.717) is 6.42 Å². The van der Waals surface area contributed by atoms with Gasteiger partial charge in [-0.05, 0) is 49.1 Å². The zero-order valence-corrected chi connectivity index (χ0v) is 19.4. The van der Waals surface area contributed by atoms with Crippen LogP contribution in [-0.2, 0) is 6.42 Å². The third-order valence-corrected chi connectivity index (χ3v) is 5.74. The maximum atomic E-state index is 12.4. The molecule has 3 nitrogen and oxygen atoms in total. The molecule has 0 atom stereocenters. The van der Waals surface area contributed by atoms with Crippen molar-refractivity contribution in [3.05, 3.63) is 47.3 Å². The van der Waals surface area contributed by atoms with Gasteiger partial charge in [-0.25, -0.2) is 0 Å². The van der Waals surface area contributed by atoms with Gasteiger partial charge < -0.3 is 9.88 Å². The Kier molecular flexibility index (Phi) is 8.55. The van der Waals surface area contributed by atoms with Gasteiger partial charge in [-0.3, -0.25) is 4.79 Å². The molecule has 0 radical (unpaired) electrons. The number of rotatable bonds is 7. The zero-order chi connectivity index (χ0) is 21.4. The highest BCUT2D eigenvalue weighted by atomic mass is 16.1. The summed E-state index contributed by atoms with van der Waals surface area (Å²) in [5, 5.41) is 3.13. The molecule has 0 unspecified atom stereocenters. The fraction of sp³-hybridized carbons (Fsp3) is 0.577. The fourth-order valence-corrected chi connectivity index (χ4v) is 4.14. The molecule has 0 saturated heterocycles. The van der Waals surface area contributed by atoms with Crippen LogP contribution in [0.25, 0.3) is 5.69 Å². The van der Waals surface area contributed by atoms with E-state index in [1.54, 1.807) is 0 Å². The molecular weight excluding hydrogens is 356 g/mol. The summed E-state index contributed by atoms with van der Waals surface area (Å²) in [5.41, 5.74) is 5.45. The second-order valence-electron chi connectivity index (χ2n) is 9.13. The van der Waals surface area contributed by atoms with Crippen molar-refractivity contribution in [2.24, 2.45) is 5.41 Å². The summed E-state index contributed by atoms with van der Waals surface area (Å²) < 4.78 is 2.23. The van der Waals surface area contributed by atoms with Gasteiger partial charge >= 0.3 is 0 Å². The summed E-state index contributed by atoms with van der Waals surface area (Å²) in [7, 11) is 1.92. The van der Waals surface area contributed by atoms with Gasteiger partial charge in [-0.15, -0.1) is 0 Å². The summed E-state index contributed by atoms with van der Waals surface area (Å²) in [6.07, 6.45) is 10.1. The molecule has 1 N–H and O–H groups in total. The van der Waals surface area contributed by atoms with Crippen LogP contribution in [0.1, 0.15) is 94.4 Å². The second kappa shape index (κ2) is 10.7. The van der Waals surface area contributed by atoms with Gasteiger partial charge in [0.2, 0.25) is 0 Å². The molecule has 3 rings (SSSR count). The van der Waals surface area contributed by atoms with Crippen LogP contribution in [0.4, 0.5) is 5.69 Å². The Bertz CT molecular complexity index is 778. The van der Waals surface area contributed by atoms with Crippen LogP contribution < -0.4 is 5.32 Å². The average molecular weight is 397 g/mol. The maximum absolute atomic E-state index is 12.4. The molecule has 1 heterocycles. The number of Topliss-reactive ketones (excluding diaryl/α,β-unsaturated/α-hetero) is 1. The quantitative estimate of drug-likeness (QED) is 0.496. The van der Waals surface area contributed by atoms with Crippen molar-refractivity contribution in [2.45, 2.75) is 86.0 Å². The lowest BCUT2D eigenvalue weighted by atomic mass is 9.76. The predicted octanol–water partition coefficient (Wildman–Crippen LogP) is 7.35. The number of anilines is 1. The minimum atomic E-state index is 0.0392. The van der Waals surface area contributed by atoms with Crippen LogP contribution in [0.3, 0.4) is 0 Å². The Labute approximate surface area is 177 Å². The van der Waals surface area contributed by atoms with E-state index in [1.807, 2.05) is 13.1 Å². The number of benzene rings is 1. The average Bonchev–Trinajstić information content (AvgIpc) is 3.01. The summed E-state index contributed by atoms with van der Waals surface area (Å²) in [6, 6.07) is 10.4. The first kappa shape index (κ1) is 23.3. The number of carbonyl (C=O) groups is 1. The highest BCUT2D eigenvalue weighted by Crippen LogP contribution is 2.37. The Morgan fingerprint density at radius 3 is 2.07 bits per heavy atom. The van der Waals surface area contributed by atoms with Gasteiger partial charge in [-0.1, -0.05) is 66.2 Å². The van der Waals surface area contributed by atoms with Crippen molar-refractivity contribution in [2.75, 3.05) is 12.4 Å². The number of ketones is 1. The number of nitrogens with zero attached hydrogens (tertiary/aromatic N) is 1. The van der Waals surface area contributed by atoms with Gasteiger partial charge in [-0.2, -0.15) is 0 Å². The van der Waals surface area contributed by atoms with Crippen molar-refractivity contribution >= 4 is 11.5 Å². The zero-order valence-electron chi connectivity index (χ0n) is 19.4. The molecule has 29 heavy (non-hydrogen) atoms. The molecule has 1 aromatic carbocycles. The van der Waals surface area contributed by atoms with Crippen molar-refractivity contribution in [3.63, 3.8) is 0 Å². The van der Waals surface area contributed by atoms with E-state index in [-0.39, 0.29) is 11.2 Å². The van der Waals surface area contributed by atoms with Gasteiger partial charge in [0.1, 0.15) is 0 Å². The molecule has 0 aliphatic heterocycles. The van der Waals surface area contributed by atoms with Crippen LogP contribution in [0.2, 0.25) is 0 Å². The van der Waals surface area contributed by atoms with Crippen LogP contribution in [0.15, 0.2) is 30.3 Å². The van der Waals surface area contributed by atoms with E-state index in [9.17, 15) is 4.79 Å². The third-order valence-electron chi connectivity index (χ3n) is 5.74. The molecule has 0 bridgehead atoms. The number of fused-ring (bicyclic) bond motifs is 1. The lowest BCUT2D eigenvalue weighted by molar-refractivity contribution is 0.0911. The number of nitrogens with one attached hydrogen (secondary N) is 1. The van der Waals surface area contributed by atoms with Crippen LogP contribution in [-0.4, -0.2) is 17.4 Å². The molecule has 0 saturated carbocycles. The fourth-order valence-electron chi connectivity index (χ4n) is 4.14. The maximum Gasteiger partial charge on any atom is 0.165 e. The van der Waals surface area contributed by atoms with E-state index in [2.05, 4.69) is 68.8 Å². The van der Waals surface area contributed by atoms with Crippen molar-refractivity contribution < 1.29 is 4.79 Å². The number of aromatic nitrogens is 1. The monoisotopic (exact) mass is 396 g/mol. The number of hydrogen-bond acceptors (Lipinski definition) is 2. The van der Waals surface area contributed by atoms with Crippen molar-refractivity contribution in [1.29, 1.82) is 0 Å². The summed E-state index contributed by atoms with van der Waals surface area (Å²) >= 11 is 0. The van der Waals surface area contributed by atoms with E-state index >= 15 is 0 Å². The summed E-state index contributed by atoms with van der Waals surface area (Å²) in [5.74, 6) is 0.273. The standard InChI is InChI=1S/C18H22N2O.C8H18/c1-12-9-15-16(10-18(2,3)11-17(15)21)20(12)14-7-5-13(19-4)6-8-14;1-3-5-7-8-6-4-2/h5-9,19H,10-11H2,1-4H3;3-8H2,1-2H3. The third kappa shape index (κ3) is 6.22. The lowest BCUT2D eigenvalue weighted by Crippen LogP contribution is -2.27. The molecule has 1 aliphatic carbocycles. The number of hydrogen-bond donors (Lipinski definition) is 1. The summed E-state index contributed by atoms with van der Waals surface area (Å²) in [6.45, 7) is 10.9. The van der Waals surface area contributed by atoms with Crippen LogP contribution >= 0.6 is 0 Å². The Balaban J connectivity index is 0.000000321. The molecule has 2 aromatic rings. The largest absolute Gasteiger partial charge is 0.388 e. The van der Waals surface area contributed by atoms with Gasteiger partial charge in [0.15, 0.2) is 5.78 Å². The first-order valence-corrected chi connectivity index (χ1v) is 11.4. The molecule has 3 heteroatoms.